The summed E-state index contributed by atoms with van der Waals surface area (Å²) in [4.78, 5) is 14.4. The molecule has 2 rings (SSSR count). The Bertz CT molecular complexity index is 504. The molecule has 114 valence electrons. The van der Waals surface area contributed by atoms with E-state index in [9.17, 15) is 4.79 Å². The van der Waals surface area contributed by atoms with E-state index >= 15 is 0 Å². The lowest BCUT2D eigenvalue weighted by Gasteiger charge is -2.19. The molecule has 1 heterocycles. The molecule has 1 aliphatic rings. The highest BCUT2D eigenvalue weighted by molar-refractivity contribution is 7.80. The maximum atomic E-state index is 11.8. The van der Waals surface area contributed by atoms with Crippen molar-refractivity contribution in [1.29, 1.82) is 0 Å². The summed E-state index contributed by atoms with van der Waals surface area (Å²) >= 11 is 4.88. The van der Waals surface area contributed by atoms with Crippen LogP contribution in [0.25, 0.3) is 0 Å². The smallest absolute Gasteiger partial charge is 0.257 e. The Hall–Kier alpha value is -1.66. The largest absolute Gasteiger partial charge is 0.484 e. The van der Waals surface area contributed by atoms with Gasteiger partial charge >= 0.3 is 0 Å². The van der Waals surface area contributed by atoms with Crippen LogP contribution in [0.2, 0.25) is 0 Å². The molecule has 1 aromatic rings. The van der Waals surface area contributed by atoms with Gasteiger partial charge in [-0.25, -0.2) is 0 Å². The van der Waals surface area contributed by atoms with Crippen molar-refractivity contribution in [1.82, 2.24) is 10.2 Å². The van der Waals surface area contributed by atoms with Crippen molar-refractivity contribution in [3.63, 3.8) is 0 Å². The number of hydrogen-bond donors (Lipinski definition) is 2. The number of benzene rings is 1. The van der Waals surface area contributed by atoms with Crippen LogP contribution in [0.1, 0.15) is 18.4 Å². The van der Waals surface area contributed by atoms with E-state index < -0.39 is 0 Å². The number of carbonyl (C=O) groups is 1. The summed E-state index contributed by atoms with van der Waals surface area (Å²) in [7, 11) is 2.09. The van der Waals surface area contributed by atoms with Crippen LogP contribution in [0.3, 0.4) is 0 Å². The van der Waals surface area contributed by atoms with E-state index in [-0.39, 0.29) is 12.5 Å². The fourth-order valence-electron chi connectivity index (χ4n) is 2.38. The zero-order chi connectivity index (χ0) is 15.2. The first-order chi connectivity index (χ1) is 10.1. The minimum atomic E-state index is -0.103. The molecule has 0 bridgehead atoms. The summed E-state index contributed by atoms with van der Waals surface area (Å²) in [6.07, 6.45) is 2.33. The Labute approximate surface area is 130 Å². The van der Waals surface area contributed by atoms with Gasteiger partial charge in [0, 0.05) is 18.2 Å². The van der Waals surface area contributed by atoms with Crippen molar-refractivity contribution in [2.75, 3.05) is 26.7 Å². The molecule has 1 fully saturated rings. The zero-order valence-electron chi connectivity index (χ0n) is 12.2. The van der Waals surface area contributed by atoms with Crippen LogP contribution in [0, 0.1) is 0 Å². The molecule has 0 aromatic heterocycles. The van der Waals surface area contributed by atoms with E-state index in [1.807, 2.05) is 0 Å². The number of thiocarbonyl (C=S) groups is 1. The first-order valence-corrected chi connectivity index (χ1v) is 7.46. The maximum absolute atomic E-state index is 11.8. The van der Waals surface area contributed by atoms with Gasteiger partial charge in [-0.15, -0.1) is 0 Å². The lowest BCUT2D eigenvalue weighted by molar-refractivity contribution is -0.123. The average Bonchev–Trinajstić information content (AvgIpc) is 2.88. The number of nitrogens with zero attached hydrogens (tertiary/aromatic N) is 1. The van der Waals surface area contributed by atoms with Gasteiger partial charge in [-0.05, 0) is 50.7 Å². The SMILES string of the molecule is CN1CCCC1CNC(=O)COc1ccc(C(N)=S)cc1. The number of carbonyl (C=O) groups excluding carboxylic acids is 1. The summed E-state index contributed by atoms with van der Waals surface area (Å²) < 4.78 is 5.43. The summed E-state index contributed by atoms with van der Waals surface area (Å²) in [5.41, 5.74) is 6.30. The molecule has 1 amide bonds. The molecule has 0 spiro atoms. The van der Waals surface area contributed by atoms with Gasteiger partial charge in [-0.2, -0.15) is 0 Å². The number of likely N-dealkylation sites (N-methyl/N-ethyl adjacent to an activating group) is 1. The second kappa shape index (κ2) is 7.38. The molecular weight excluding hydrogens is 286 g/mol. The molecule has 6 heteroatoms. The Morgan fingerprint density at radius 1 is 1.48 bits per heavy atom. The number of nitrogens with one attached hydrogen (secondary N) is 1. The number of nitrogens with two attached hydrogens (primary N) is 1. The Balaban J connectivity index is 1.72. The normalized spacial score (nSPS) is 18.4. The number of amides is 1. The Morgan fingerprint density at radius 2 is 2.19 bits per heavy atom. The second-order valence-corrected chi connectivity index (χ2v) is 5.70. The summed E-state index contributed by atoms with van der Waals surface area (Å²) in [5.74, 6) is 0.525. The van der Waals surface area contributed by atoms with E-state index in [4.69, 9.17) is 22.7 Å². The fraction of sp³-hybridized carbons (Fsp3) is 0.467. The predicted molar refractivity (Wildman–Crippen MR) is 86.5 cm³/mol. The number of ether oxygens (including phenoxy) is 1. The van der Waals surface area contributed by atoms with Crippen molar-refractivity contribution in [2.24, 2.45) is 5.73 Å². The van der Waals surface area contributed by atoms with E-state index in [2.05, 4.69) is 17.3 Å². The fourth-order valence-corrected chi connectivity index (χ4v) is 2.52. The topological polar surface area (TPSA) is 67.6 Å². The highest BCUT2D eigenvalue weighted by Gasteiger charge is 2.20. The predicted octanol–water partition coefficient (Wildman–Crippen LogP) is 0.910. The van der Waals surface area contributed by atoms with Gasteiger partial charge in [0.15, 0.2) is 6.61 Å². The zero-order valence-corrected chi connectivity index (χ0v) is 13.0. The van der Waals surface area contributed by atoms with E-state index in [1.54, 1.807) is 24.3 Å². The molecule has 5 nitrogen and oxygen atoms in total. The first-order valence-electron chi connectivity index (χ1n) is 7.06. The molecule has 0 aliphatic carbocycles. The monoisotopic (exact) mass is 307 g/mol. The second-order valence-electron chi connectivity index (χ2n) is 5.26. The van der Waals surface area contributed by atoms with Gasteiger partial charge in [0.1, 0.15) is 10.7 Å². The van der Waals surface area contributed by atoms with Crippen LogP contribution in [0.4, 0.5) is 0 Å². The van der Waals surface area contributed by atoms with Gasteiger partial charge in [0.25, 0.3) is 5.91 Å². The van der Waals surface area contributed by atoms with Gasteiger partial charge in [-0.1, -0.05) is 12.2 Å². The van der Waals surface area contributed by atoms with Gasteiger partial charge in [-0.3, -0.25) is 4.79 Å². The third kappa shape index (κ3) is 4.68. The Morgan fingerprint density at radius 3 is 2.76 bits per heavy atom. The summed E-state index contributed by atoms with van der Waals surface area (Å²) in [6.45, 7) is 1.80. The molecule has 1 unspecified atom stereocenters. The molecule has 1 saturated heterocycles. The molecule has 1 aliphatic heterocycles. The van der Waals surface area contributed by atoms with Gasteiger partial charge in [0.05, 0.1) is 0 Å². The van der Waals surface area contributed by atoms with Crippen LogP contribution in [-0.2, 0) is 4.79 Å². The number of likely N-dealkylation sites (tertiary alicyclic amines) is 1. The lowest BCUT2D eigenvalue weighted by Crippen LogP contribution is -2.40. The Kier molecular flexibility index (Phi) is 5.52. The standard InChI is InChI=1S/C15H21N3O2S/c1-18-8-2-3-12(18)9-17-14(19)10-20-13-6-4-11(5-7-13)15(16)21/h4-7,12H,2-3,8-10H2,1H3,(H2,16,21)(H,17,19). The minimum Gasteiger partial charge on any atom is -0.484 e. The van der Waals surface area contributed by atoms with Crippen molar-refractivity contribution in [3.8, 4) is 5.75 Å². The highest BCUT2D eigenvalue weighted by atomic mass is 32.1. The van der Waals surface area contributed by atoms with Crippen LogP contribution < -0.4 is 15.8 Å². The van der Waals surface area contributed by atoms with Crippen LogP contribution in [0.5, 0.6) is 5.75 Å². The van der Waals surface area contributed by atoms with Crippen molar-refractivity contribution < 1.29 is 9.53 Å². The summed E-state index contributed by atoms with van der Waals surface area (Å²) in [6, 6.07) is 7.52. The third-order valence-corrected chi connectivity index (χ3v) is 3.95. The molecule has 1 atom stereocenters. The van der Waals surface area contributed by atoms with E-state index in [0.29, 0.717) is 23.3 Å². The van der Waals surface area contributed by atoms with Gasteiger partial charge in [0.2, 0.25) is 0 Å². The molecule has 1 aromatic carbocycles. The molecule has 0 saturated carbocycles. The maximum Gasteiger partial charge on any atom is 0.257 e. The highest BCUT2D eigenvalue weighted by Crippen LogP contribution is 2.14. The number of hydrogen-bond acceptors (Lipinski definition) is 4. The lowest BCUT2D eigenvalue weighted by atomic mass is 10.2. The molecule has 3 N–H and O–H groups in total. The van der Waals surface area contributed by atoms with Crippen LogP contribution in [0.15, 0.2) is 24.3 Å². The average molecular weight is 307 g/mol. The molecule has 0 radical (unpaired) electrons. The van der Waals surface area contributed by atoms with Crippen molar-refractivity contribution >= 4 is 23.1 Å². The van der Waals surface area contributed by atoms with Crippen LogP contribution >= 0.6 is 12.2 Å². The van der Waals surface area contributed by atoms with Crippen LogP contribution in [-0.4, -0.2) is 48.6 Å². The minimum absolute atomic E-state index is 0.0167. The first kappa shape index (κ1) is 15.7. The van der Waals surface area contributed by atoms with E-state index in [1.165, 1.54) is 6.42 Å². The summed E-state index contributed by atoms with van der Waals surface area (Å²) in [5, 5.41) is 2.91. The van der Waals surface area contributed by atoms with E-state index in [0.717, 1.165) is 18.5 Å². The van der Waals surface area contributed by atoms with Gasteiger partial charge < -0.3 is 20.7 Å². The quantitative estimate of drug-likeness (QED) is 0.765. The third-order valence-electron chi connectivity index (χ3n) is 3.72. The van der Waals surface area contributed by atoms with Crippen molar-refractivity contribution in [3.05, 3.63) is 29.8 Å². The van der Waals surface area contributed by atoms with Crippen molar-refractivity contribution in [2.45, 2.75) is 18.9 Å². The molecular formula is C15H21N3O2S. The molecule has 21 heavy (non-hydrogen) atoms. The number of rotatable bonds is 6.